The zero-order chi connectivity index (χ0) is 18.2. The highest BCUT2D eigenvalue weighted by atomic mass is 16.5. The summed E-state index contributed by atoms with van der Waals surface area (Å²) in [6, 6.07) is 25.6. The molecule has 2 aromatic heterocycles. The van der Waals surface area contributed by atoms with Crippen LogP contribution in [0.1, 0.15) is 5.56 Å². The van der Waals surface area contributed by atoms with Crippen molar-refractivity contribution in [2.75, 3.05) is 0 Å². The van der Waals surface area contributed by atoms with Crippen LogP contribution in [0.25, 0.3) is 33.5 Å². The summed E-state index contributed by atoms with van der Waals surface area (Å²) in [5.41, 5.74) is 4.03. The standard InChI is InChI=1S/C23H16N2O2/c1-15-9-5-7-13-18(15)27-23-21-20(17-12-6-8-14-19(17)26-21)24-22(25-23)16-10-3-2-4-11-16/h2-14H,1H3. The summed E-state index contributed by atoms with van der Waals surface area (Å²) < 4.78 is 12.2. The van der Waals surface area contributed by atoms with Crippen molar-refractivity contribution in [2.24, 2.45) is 0 Å². The van der Waals surface area contributed by atoms with E-state index in [-0.39, 0.29) is 0 Å². The Balaban J connectivity index is 1.78. The smallest absolute Gasteiger partial charge is 0.267 e. The predicted octanol–water partition coefficient (Wildman–Crippen LogP) is 6.14. The Kier molecular flexibility index (Phi) is 3.61. The van der Waals surface area contributed by atoms with Crippen LogP contribution >= 0.6 is 0 Å². The number of ether oxygens (including phenoxy) is 1. The molecule has 3 aromatic carbocycles. The van der Waals surface area contributed by atoms with Crippen molar-refractivity contribution in [3.63, 3.8) is 0 Å². The van der Waals surface area contributed by atoms with Gasteiger partial charge in [-0.15, -0.1) is 0 Å². The molecule has 0 aliphatic heterocycles. The number of para-hydroxylation sites is 2. The summed E-state index contributed by atoms with van der Waals surface area (Å²) in [6.45, 7) is 2.00. The summed E-state index contributed by atoms with van der Waals surface area (Å²) in [5.74, 6) is 1.78. The minimum atomic E-state index is 0.421. The van der Waals surface area contributed by atoms with Crippen LogP contribution in [0.15, 0.2) is 83.3 Å². The maximum absolute atomic E-state index is 6.17. The molecule has 0 unspecified atom stereocenters. The Morgan fingerprint density at radius 2 is 1.52 bits per heavy atom. The lowest BCUT2D eigenvalue weighted by molar-refractivity contribution is 0.454. The largest absolute Gasteiger partial charge is 0.449 e. The zero-order valence-electron chi connectivity index (χ0n) is 14.7. The molecular formula is C23H16N2O2. The number of aromatic nitrogens is 2. The maximum Gasteiger partial charge on any atom is 0.267 e. The molecule has 130 valence electrons. The molecule has 27 heavy (non-hydrogen) atoms. The van der Waals surface area contributed by atoms with Gasteiger partial charge >= 0.3 is 0 Å². The number of fused-ring (bicyclic) bond motifs is 3. The summed E-state index contributed by atoms with van der Waals surface area (Å²) >= 11 is 0. The highest BCUT2D eigenvalue weighted by molar-refractivity contribution is 6.04. The highest BCUT2D eigenvalue weighted by Gasteiger charge is 2.18. The van der Waals surface area contributed by atoms with Crippen LogP contribution in [0.4, 0.5) is 0 Å². The number of nitrogens with zero attached hydrogens (tertiary/aromatic N) is 2. The van der Waals surface area contributed by atoms with Gasteiger partial charge in [0.1, 0.15) is 16.8 Å². The van der Waals surface area contributed by atoms with Gasteiger partial charge in [-0.1, -0.05) is 60.7 Å². The Morgan fingerprint density at radius 1 is 0.778 bits per heavy atom. The Morgan fingerprint density at radius 3 is 2.37 bits per heavy atom. The van der Waals surface area contributed by atoms with Crippen LogP contribution in [-0.4, -0.2) is 9.97 Å². The van der Waals surface area contributed by atoms with Gasteiger partial charge < -0.3 is 9.15 Å². The quantitative estimate of drug-likeness (QED) is 0.391. The van der Waals surface area contributed by atoms with E-state index in [1.165, 1.54) is 0 Å². The molecule has 0 saturated carbocycles. The van der Waals surface area contributed by atoms with E-state index in [0.29, 0.717) is 17.3 Å². The molecule has 4 nitrogen and oxygen atoms in total. The SMILES string of the molecule is Cc1ccccc1Oc1nc(-c2ccccc2)nc2c1oc1ccccc12. The van der Waals surface area contributed by atoms with Crippen LogP contribution < -0.4 is 4.74 Å². The van der Waals surface area contributed by atoms with Gasteiger partial charge in [0.25, 0.3) is 5.88 Å². The van der Waals surface area contributed by atoms with Crippen molar-refractivity contribution in [1.29, 1.82) is 0 Å². The van der Waals surface area contributed by atoms with Crippen molar-refractivity contribution in [3.05, 3.63) is 84.4 Å². The van der Waals surface area contributed by atoms with Gasteiger partial charge in [-0.25, -0.2) is 4.98 Å². The molecule has 5 rings (SSSR count). The van der Waals surface area contributed by atoms with E-state index in [2.05, 4.69) is 4.98 Å². The first-order valence-corrected chi connectivity index (χ1v) is 8.78. The Hall–Kier alpha value is -3.66. The molecule has 0 amide bonds. The third-order valence-electron chi connectivity index (χ3n) is 4.52. The van der Waals surface area contributed by atoms with Crippen molar-refractivity contribution in [2.45, 2.75) is 6.92 Å². The van der Waals surface area contributed by atoms with E-state index >= 15 is 0 Å². The summed E-state index contributed by atoms with van der Waals surface area (Å²) in [7, 11) is 0. The summed E-state index contributed by atoms with van der Waals surface area (Å²) in [5, 5.41) is 0.946. The molecule has 0 spiro atoms. The molecule has 0 bridgehead atoms. The molecule has 0 saturated heterocycles. The third kappa shape index (κ3) is 2.72. The third-order valence-corrected chi connectivity index (χ3v) is 4.52. The predicted molar refractivity (Wildman–Crippen MR) is 106 cm³/mol. The summed E-state index contributed by atoms with van der Waals surface area (Å²) in [6.07, 6.45) is 0. The molecule has 0 N–H and O–H groups in total. The first-order valence-electron chi connectivity index (χ1n) is 8.78. The lowest BCUT2D eigenvalue weighted by atomic mass is 10.2. The fraction of sp³-hybridized carbons (Fsp3) is 0.0435. The number of hydrogen-bond acceptors (Lipinski definition) is 4. The van der Waals surface area contributed by atoms with E-state index < -0.39 is 0 Å². The molecule has 4 heteroatoms. The first kappa shape index (κ1) is 15.6. The molecule has 2 heterocycles. The number of aryl methyl sites for hydroxylation is 1. The average molecular weight is 352 g/mol. The zero-order valence-corrected chi connectivity index (χ0v) is 14.7. The van der Waals surface area contributed by atoms with Crippen molar-refractivity contribution in [3.8, 4) is 23.0 Å². The second-order valence-electron chi connectivity index (χ2n) is 6.36. The molecule has 0 aliphatic rings. The normalized spacial score (nSPS) is 11.1. The lowest BCUT2D eigenvalue weighted by Gasteiger charge is -2.09. The minimum Gasteiger partial charge on any atom is -0.449 e. The Labute approximate surface area is 156 Å². The monoisotopic (exact) mass is 352 g/mol. The summed E-state index contributed by atoms with van der Waals surface area (Å²) in [4.78, 5) is 9.45. The van der Waals surface area contributed by atoms with Gasteiger partial charge in [0.2, 0.25) is 5.58 Å². The molecular weight excluding hydrogens is 336 g/mol. The minimum absolute atomic E-state index is 0.421. The van der Waals surface area contributed by atoms with E-state index in [1.54, 1.807) is 0 Å². The fourth-order valence-corrected chi connectivity index (χ4v) is 3.13. The number of hydrogen-bond donors (Lipinski definition) is 0. The topological polar surface area (TPSA) is 48.2 Å². The molecule has 0 fully saturated rings. The van der Waals surface area contributed by atoms with E-state index in [4.69, 9.17) is 14.1 Å². The van der Waals surface area contributed by atoms with E-state index in [0.717, 1.165) is 33.4 Å². The van der Waals surface area contributed by atoms with Crippen LogP contribution in [0.5, 0.6) is 11.6 Å². The Bertz CT molecular complexity index is 1260. The van der Waals surface area contributed by atoms with E-state index in [9.17, 15) is 0 Å². The van der Waals surface area contributed by atoms with Crippen LogP contribution in [0.2, 0.25) is 0 Å². The van der Waals surface area contributed by atoms with Gasteiger partial charge in [0.15, 0.2) is 5.82 Å². The van der Waals surface area contributed by atoms with Gasteiger partial charge in [0.05, 0.1) is 0 Å². The van der Waals surface area contributed by atoms with Crippen LogP contribution in [-0.2, 0) is 0 Å². The number of furan rings is 1. The number of benzene rings is 3. The fourth-order valence-electron chi connectivity index (χ4n) is 3.13. The van der Waals surface area contributed by atoms with E-state index in [1.807, 2.05) is 85.8 Å². The second kappa shape index (κ2) is 6.25. The van der Waals surface area contributed by atoms with Crippen LogP contribution in [0, 0.1) is 6.92 Å². The average Bonchev–Trinajstić information content (AvgIpc) is 3.09. The van der Waals surface area contributed by atoms with Crippen molar-refractivity contribution in [1.82, 2.24) is 9.97 Å². The number of rotatable bonds is 3. The molecule has 0 radical (unpaired) electrons. The lowest BCUT2D eigenvalue weighted by Crippen LogP contribution is -1.95. The maximum atomic E-state index is 6.17. The van der Waals surface area contributed by atoms with Gasteiger partial charge in [-0.2, -0.15) is 4.98 Å². The second-order valence-corrected chi connectivity index (χ2v) is 6.36. The molecule has 0 atom stereocenters. The molecule has 0 aliphatic carbocycles. The van der Waals surface area contributed by atoms with Crippen LogP contribution in [0.3, 0.4) is 0 Å². The van der Waals surface area contributed by atoms with Gasteiger partial charge in [-0.3, -0.25) is 0 Å². The van der Waals surface area contributed by atoms with Crippen molar-refractivity contribution >= 4 is 22.1 Å². The highest BCUT2D eigenvalue weighted by Crippen LogP contribution is 2.36. The van der Waals surface area contributed by atoms with Crippen molar-refractivity contribution < 1.29 is 9.15 Å². The first-order chi connectivity index (χ1) is 13.3. The van der Waals surface area contributed by atoms with Gasteiger partial charge in [0, 0.05) is 10.9 Å². The van der Waals surface area contributed by atoms with Gasteiger partial charge in [-0.05, 0) is 30.7 Å². The molecule has 5 aromatic rings.